The number of hydrogen-bond acceptors (Lipinski definition) is 3. The van der Waals surface area contributed by atoms with Gasteiger partial charge in [0.05, 0.1) is 0 Å². The molecule has 0 aliphatic rings. The van der Waals surface area contributed by atoms with E-state index < -0.39 is 0 Å². The van der Waals surface area contributed by atoms with Crippen LogP contribution >= 0.6 is 0 Å². The van der Waals surface area contributed by atoms with Gasteiger partial charge in [0, 0.05) is 19.3 Å². The molecule has 1 heterocycles. The molecule has 0 radical (unpaired) electrons. The zero-order chi connectivity index (χ0) is 10.0. The Morgan fingerprint density at radius 3 is 2.62 bits per heavy atom. The molecule has 1 rings (SSSR count). The van der Waals surface area contributed by atoms with Crippen LogP contribution in [0.4, 0.5) is 0 Å². The van der Waals surface area contributed by atoms with Gasteiger partial charge in [-0.2, -0.15) is 0 Å². The van der Waals surface area contributed by atoms with E-state index in [1.807, 2.05) is 20.8 Å². The van der Waals surface area contributed by atoms with E-state index in [1.165, 1.54) is 0 Å². The van der Waals surface area contributed by atoms with Gasteiger partial charge in [-0.15, -0.1) is 0 Å². The van der Waals surface area contributed by atoms with Crippen molar-refractivity contribution in [2.45, 2.75) is 40.0 Å². The Morgan fingerprint density at radius 1 is 1.54 bits per heavy atom. The first-order valence-corrected chi connectivity index (χ1v) is 4.56. The molecular weight excluding hydrogens is 166 g/mol. The number of oxazole rings is 1. The van der Waals surface area contributed by atoms with Gasteiger partial charge in [0.25, 0.3) is 0 Å². The standard InChI is InChI=1S/C10H15NO2/c1-5-8(12)9-10(6(2)3)13-7(4)11-9/h6H,5H2,1-4H3. The predicted molar refractivity (Wildman–Crippen MR) is 50.0 cm³/mol. The summed E-state index contributed by atoms with van der Waals surface area (Å²) in [6, 6.07) is 0. The first kappa shape index (κ1) is 9.96. The lowest BCUT2D eigenvalue weighted by molar-refractivity contribution is 0.0981. The first-order valence-electron chi connectivity index (χ1n) is 4.56. The smallest absolute Gasteiger partial charge is 0.191 e. The van der Waals surface area contributed by atoms with Gasteiger partial charge in [-0.25, -0.2) is 4.98 Å². The highest BCUT2D eigenvalue weighted by Gasteiger charge is 2.18. The van der Waals surface area contributed by atoms with Gasteiger partial charge >= 0.3 is 0 Å². The lowest BCUT2D eigenvalue weighted by Gasteiger charge is -2.00. The van der Waals surface area contributed by atoms with Crippen LogP contribution in [0.25, 0.3) is 0 Å². The maximum Gasteiger partial charge on any atom is 0.191 e. The molecule has 0 aliphatic carbocycles. The average Bonchev–Trinajstić information content (AvgIpc) is 2.46. The molecule has 0 amide bonds. The van der Waals surface area contributed by atoms with E-state index in [4.69, 9.17) is 4.42 Å². The van der Waals surface area contributed by atoms with Crippen molar-refractivity contribution in [3.8, 4) is 0 Å². The van der Waals surface area contributed by atoms with E-state index in [1.54, 1.807) is 6.92 Å². The fourth-order valence-electron chi connectivity index (χ4n) is 1.20. The summed E-state index contributed by atoms with van der Waals surface area (Å²) in [5.41, 5.74) is 0.509. The van der Waals surface area contributed by atoms with Crippen molar-refractivity contribution >= 4 is 5.78 Å². The molecule has 0 spiro atoms. The second kappa shape index (κ2) is 3.73. The van der Waals surface area contributed by atoms with Crippen molar-refractivity contribution < 1.29 is 9.21 Å². The lowest BCUT2D eigenvalue weighted by Crippen LogP contribution is -2.02. The summed E-state index contributed by atoms with van der Waals surface area (Å²) >= 11 is 0. The van der Waals surface area contributed by atoms with Gasteiger partial charge in [-0.3, -0.25) is 4.79 Å². The fraction of sp³-hybridized carbons (Fsp3) is 0.600. The Morgan fingerprint density at radius 2 is 2.15 bits per heavy atom. The van der Waals surface area contributed by atoms with Crippen molar-refractivity contribution in [3.05, 3.63) is 17.3 Å². The SMILES string of the molecule is CCC(=O)c1nc(C)oc1C(C)C. The van der Waals surface area contributed by atoms with Crippen LogP contribution < -0.4 is 0 Å². The molecule has 0 saturated carbocycles. The molecule has 1 aromatic rings. The first-order chi connectivity index (χ1) is 6.06. The molecule has 13 heavy (non-hydrogen) atoms. The molecular formula is C10H15NO2. The Balaban J connectivity index is 3.11. The van der Waals surface area contributed by atoms with E-state index in [9.17, 15) is 4.79 Å². The number of nitrogens with zero attached hydrogens (tertiary/aromatic N) is 1. The minimum absolute atomic E-state index is 0.0561. The molecule has 0 bridgehead atoms. The third-order valence-corrected chi connectivity index (χ3v) is 1.87. The number of aromatic nitrogens is 1. The van der Waals surface area contributed by atoms with E-state index in [0.29, 0.717) is 23.8 Å². The summed E-state index contributed by atoms with van der Waals surface area (Å²) < 4.78 is 5.37. The van der Waals surface area contributed by atoms with Crippen LogP contribution in [0.3, 0.4) is 0 Å². The van der Waals surface area contributed by atoms with Crippen LogP contribution in [0.15, 0.2) is 4.42 Å². The number of hydrogen-bond donors (Lipinski definition) is 0. The molecule has 3 nitrogen and oxygen atoms in total. The number of rotatable bonds is 3. The van der Waals surface area contributed by atoms with Crippen LogP contribution in [0, 0.1) is 6.92 Å². The summed E-state index contributed by atoms with van der Waals surface area (Å²) in [5, 5.41) is 0. The summed E-state index contributed by atoms with van der Waals surface area (Å²) in [5.74, 6) is 1.55. The molecule has 72 valence electrons. The number of Topliss-reactive ketones (excluding diaryl/α,β-unsaturated/α-hetero) is 1. The highest BCUT2D eigenvalue weighted by Crippen LogP contribution is 2.21. The quantitative estimate of drug-likeness (QED) is 0.673. The largest absolute Gasteiger partial charge is 0.445 e. The summed E-state index contributed by atoms with van der Waals surface area (Å²) in [7, 11) is 0. The Hall–Kier alpha value is -1.12. The zero-order valence-corrected chi connectivity index (χ0v) is 8.55. The molecule has 0 aromatic carbocycles. The van der Waals surface area contributed by atoms with Crippen LogP contribution in [-0.2, 0) is 0 Å². The second-order valence-corrected chi connectivity index (χ2v) is 3.38. The molecule has 0 aliphatic heterocycles. The number of carbonyl (C=O) groups is 1. The summed E-state index contributed by atoms with van der Waals surface area (Å²) in [6.07, 6.45) is 0.478. The van der Waals surface area contributed by atoms with E-state index in [-0.39, 0.29) is 11.7 Å². The Labute approximate surface area is 78.2 Å². The molecule has 0 unspecified atom stereocenters. The fourth-order valence-corrected chi connectivity index (χ4v) is 1.20. The van der Waals surface area contributed by atoms with Gasteiger partial charge in [-0.05, 0) is 0 Å². The second-order valence-electron chi connectivity index (χ2n) is 3.38. The Bertz CT molecular complexity index is 313. The van der Waals surface area contributed by atoms with Crippen LogP contribution in [0.2, 0.25) is 0 Å². The molecule has 3 heteroatoms. The van der Waals surface area contributed by atoms with Gasteiger partial charge in [-0.1, -0.05) is 20.8 Å². The maximum absolute atomic E-state index is 11.4. The van der Waals surface area contributed by atoms with Crippen molar-refractivity contribution in [3.63, 3.8) is 0 Å². The number of ketones is 1. The summed E-state index contributed by atoms with van der Waals surface area (Å²) in [6.45, 7) is 7.58. The molecule has 0 N–H and O–H groups in total. The lowest BCUT2D eigenvalue weighted by atomic mass is 10.1. The number of carbonyl (C=O) groups excluding carboxylic acids is 1. The van der Waals surface area contributed by atoms with Gasteiger partial charge < -0.3 is 4.42 Å². The molecule has 0 atom stereocenters. The predicted octanol–water partition coefficient (Wildman–Crippen LogP) is 2.70. The van der Waals surface area contributed by atoms with Gasteiger partial charge in [0.1, 0.15) is 11.5 Å². The molecule has 1 aromatic heterocycles. The van der Waals surface area contributed by atoms with Crippen LogP contribution in [0.1, 0.15) is 55.2 Å². The minimum Gasteiger partial charge on any atom is -0.445 e. The monoisotopic (exact) mass is 181 g/mol. The van der Waals surface area contributed by atoms with Gasteiger partial charge in [0.15, 0.2) is 11.7 Å². The zero-order valence-electron chi connectivity index (χ0n) is 8.55. The summed E-state index contributed by atoms with van der Waals surface area (Å²) in [4.78, 5) is 15.5. The highest BCUT2D eigenvalue weighted by atomic mass is 16.4. The van der Waals surface area contributed by atoms with E-state index in [0.717, 1.165) is 0 Å². The third kappa shape index (κ3) is 1.97. The van der Waals surface area contributed by atoms with E-state index >= 15 is 0 Å². The third-order valence-electron chi connectivity index (χ3n) is 1.87. The minimum atomic E-state index is 0.0561. The van der Waals surface area contributed by atoms with Crippen molar-refractivity contribution in [2.75, 3.05) is 0 Å². The number of aryl methyl sites for hydroxylation is 1. The Kier molecular flexibility index (Phi) is 2.86. The molecule has 0 saturated heterocycles. The average molecular weight is 181 g/mol. The van der Waals surface area contributed by atoms with Crippen molar-refractivity contribution in [2.24, 2.45) is 0 Å². The van der Waals surface area contributed by atoms with Gasteiger partial charge in [0.2, 0.25) is 0 Å². The topological polar surface area (TPSA) is 43.1 Å². The molecule has 0 fully saturated rings. The normalized spacial score (nSPS) is 10.8. The van der Waals surface area contributed by atoms with Crippen molar-refractivity contribution in [1.82, 2.24) is 4.98 Å². The maximum atomic E-state index is 11.4. The van der Waals surface area contributed by atoms with Crippen LogP contribution in [0.5, 0.6) is 0 Å². The van der Waals surface area contributed by atoms with Crippen molar-refractivity contribution in [1.29, 1.82) is 0 Å². The van der Waals surface area contributed by atoms with E-state index in [2.05, 4.69) is 4.98 Å². The highest BCUT2D eigenvalue weighted by molar-refractivity contribution is 5.95. The van der Waals surface area contributed by atoms with Crippen LogP contribution in [-0.4, -0.2) is 10.8 Å².